The van der Waals surface area contributed by atoms with Crippen molar-refractivity contribution in [3.05, 3.63) is 66.2 Å². The van der Waals surface area contributed by atoms with Crippen LogP contribution in [0.1, 0.15) is 18.4 Å². The van der Waals surface area contributed by atoms with E-state index in [2.05, 4.69) is 34.5 Å². The number of hydrogen-bond donors (Lipinski definition) is 2. The van der Waals surface area contributed by atoms with Crippen LogP contribution in [0.15, 0.2) is 60.7 Å². The molecule has 0 bridgehead atoms. The first-order valence-electron chi connectivity index (χ1n) is 8.65. The van der Waals surface area contributed by atoms with Crippen molar-refractivity contribution in [1.82, 2.24) is 10.2 Å². The quantitative estimate of drug-likeness (QED) is 0.606. The van der Waals surface area contributed by atoms with Gasteiger partial charge in [0.15, 0.2) is 0 Å². The maximum absolute atomic E-state index is 10.7. The number of rotatable bonds is 7. The van der Waals surface area contributed by atoms with Crippen LogP contribution >= 0.6 is 0 Å². The van der Waals surface area contributed by atoms with Gasteiger partial charge < -0.3 is 9.84 Å². The maximum Gasteiger partial charge on any atom is 0.119 e. The lowest BCUT2D eigenvalue weighted by Gasteiger charge is -2.38. The molecule has 0 unspecified atom stereocenters. The highest BCUT2D eigenvalue weighted by molar-refractivity contribution is 5.20. The SMILES string of the molecule is OC1(NCCOc2ccccc2)CCN(Cc2ccccc2)CC1. The molecule has 1 aliphatic heterocycles. The van der Waals surface area contributed by atoms with Crippen LogP contribution in [-0.4, -0.2) is 42.0 Å². The molecule has 2 aromatic carbocycles. The first-order valence-corrected chi connectivity index (χ1v) is 8.65. The highest BCUT2D eigenvalue weighted by Gasteiger charge is 2.31. The van der Waals surface area contributed by atoms with Crippen molar-refractivity contribution in [3.8, 4) is 5.75 Å². The Kier molecular flexibility index (Phi) is 5.86. The van der Waals surface area contributed by atoms with Crippen molar-refractivity contribution < 1.29 is 9.84 Å². The minimum absolute atomic E-state index is 0.556. The Hall–Kier alpha value is -1.88. The Morgan fingerprint density at radius 1 is 0.958 bits per heavy atom. The number of ether oxygens (including phenoxy) is 1. The predicted molar refractivity (Wildman–Crippen MR) is 95.8 cm³/mol. The fourth-order valence-corrected chi connectivity index (χ4v) is 3.07. The maximum atomic E-state index is 10.7. The predicted octanol–water partition coefficient (Wildman–Crippen LogP) is 2.64. The molecular weight excluding hydrogens is 300 g/mol. The monoisotopic (exact) mass is 326 g/mol. The first-order chi connectivity index (χ1) is 11.7. The summed E-state index contributed by atoms with van der Waals surface area (Å²) in [6, 6.07) is 20.3. The van der Waals surface area contributed by atoms with Crippen LogP contribution in [0.4, 0.5) is 0 Å². The average Bonchev–Trinajstić information content (AvgIpc) is 2.63. The summed E-state index contributed by atoms with van der Waals surface area (Å²) in [7, 11) is 0. The Bertz CT molecular complexity index is 590. The third-order valence-electron chi connectivity index (χ3n) is 4.50. The topological polar surface area (TPSA) is 44.7 Å². The molecule has 0 radical (unpaired) electrons. The number of nitrogens with one attached hydrogen (secondary N) is 1. The number of nitrogens with zero attached hydrogens (tertiary/aromatic N) is 1. The summed E-state index contributed by atoms with van der Waals surface area (Å²) in [6.45, 7) is 3.95. The van der Waals surface area contributed by atoms with Gasteiger partial charge in [-0.15, -0.1) is 0 Å². The van der Waals surface area contributed by atoms with Crippen molar-refractivity contribution in [1.29, 1.82) is 0 Å². The first kappa shape index (κ1) is 17.0. The van der Waals surface area contributed by atoms with Gasteiger partial charge in [0.1, 0.15) is 18.1 Å². The molecule has 2 N–H and O–H groups in total. The highest BCUT2D eigenvalue weighted by Crippen LogP contribution is 2.21. The molecule has 0 saturated carbocycles. The lowest BCUT2D eigenvalue weighted by molar-refractivity contribution is -0.0514. The number of para-hydroxylation sites is 1. The van der Waals surface area contributed by atoms with E-state index in [-0.39, 0.29) is 0 Å². The molecule has 2 aromatic rings. The zero-order valence-corrected chi connectivity index (χ0v) is 14.0. The van der Waals surface area contributed by atoms with Crippen LogP contribution in [-0.2, 0) is 6.54 Å². The van der Waals surface area contributed by atoms with E-state index < -0.39 is 5.72 Å². The van der Waals surface area contributed by atoms with Crippen molar-refractivity contribution in [2.45, 2.75) is 25.1 Å². The molecule has 0 spiro atoms. The standard InChI is InChI=1S/C20H26N2O2/c23-20(21-13-16-24-19-9-5-2-6-10-19)11-14-22(15-12-20)17-18-7-3-1-4-8-18/h1-10,21,23H,11-17H2. The molecule has 1 heterocycles. The fourth-order valence-electron chi connectivity index (χ4n) is 3.07. The van der Waals surface area contributed by atoms with Crippen LogP contribution < -0.4 is 10.1 Å². The summed E-state index contributed by atoms with van der Waals surface area (Å²) in [5, 5.41) is 13.9. The molecule has 0 aromatic heterocycles. The molecular formula is C20H26N2O2. The zero-order chi connectivity index (χ0) is 16.7. The average molecular weight is 326 g/mol. The molecule has 4 heteroatoms. The molecule has 0 amide bonds. The van der Waals surface area contributed by atoms with Crippen LogP contribution in [0.5, 0.6) is 5.75 Å². The lowest BCUT2D eigenvalue weighted by atomic mass is 10.00. The second kappa shape index (κ2) is 8.29. The van der Waals surface area contributed by atoms with Gasteiger partial charge in [-0.25, -0.2) is 0 Å². The van der Waals surface area contributed by atoms with E-state index in [0.717, 1.165) is 38.2 Å². The highest BCUT2D eigenvalue weighted by atomic mass is 16.5. The smallest absolute Gasteiger partial charge is 0.119 e. The van der Waals surface area contributed by atoms with Gasteiger partial charge in [0.2, 0.25) is 0 Å². The number of benzene rings is 2. The van der Waals surface area contributed by atoms with Crippen LogP contribution in [0.3, 0.4) is 0 Å². The molecule has 128 valence electrons. The van der Waals surface area contributed by atoms with E-state index in [1.54, 1.807) is 0 Å². The Labute approximate surface area is 144 Å². The molecule has 1 saturated heterocycles. The van der Waals surface area contributed by atoms with E-state index in [1.165, 1.54) is 5.56 Å². The molecule has 3 rings (SSSR count). The molecule has 0 aliphatic carbocycles. The number of piperidine rings is 1. The summed E-state index contributed by atoms with van der Waals surface area (Å²) in [4.78, 5) is 2.39. The van der Waals surface area contributed by atoms with Gasteiger partial charge in [-0.05, 0) is 17.7 Å². The van der Waals surface area contributed by atoms with E-state index in [4.69, 9.17) is 4.74 Å². The van der Waals surface area contributed by atoms with E-state index in [0.29, 0.717) is 13.2 Å². The van der Waals surface area contributed by atoms with Crippen LogP contribution in [0.2, 0.25) is 0 Å². The van der Waals surface area contributed by atoms with Crippen molar-refractivity contribution in [2.24, 2.45) is 0 Å². The molecule has 0 atom stereocenters. The molecule has 1 aliphatic rings. The van der Waals surface area contributed by atoms with Crippen molar-refractivity contribution in [2.75, 3.05) is 26.2 Å². The van der Waals surface area contributed by atoms with Gasteiger partial charge in [0.25, 0.3) is 0 Å². The van der Waals surface area contributed by atoms with E-state index in [1.807, 2.05) is 36.4 Å². The summed E-state index contributed by atoms with van der Waals surface area (Å²) < 4.78 is 5.66. The van der Waals surface area contributed by atoms with Crippen molar-refractivity contribution >= 4 is 0 Å². The minimum Gasteiger partial charge on any atom is -0.492 e. The van der Waals surface area contributed by atoms with Crippen molar-refractivity contribution in [3.63, 3.8) is 0 Å². The number of likely N-dealkylation sites (tertiary alicyclic amines) is 1. The van der Waals surface area contributed by atoms with Crippen LogP contribution in [0, 0.1) is 0 Å². The lowest BCUT2D eigenvalue weighted by Crippen LogP contribution is -2.54. The van der Waals surface area contributed by atoms with Gasteiger partial charge in [-0.2, -0.15) is 0 Å². The Morgan fingerprint density at radius 2 is 1.58 bits per heavy atom. The third kappa shape index (κ3) is 5.06. The minimum atomic E-state index is -0.771. The molecule has 1 fully saturated rings. The van der Waals surface area contributed by atoms with Gasteiger partial charge in [-0.1, -0.05) is 48.5 Å². The molecule has 24 heavy (non-hydrogen) atoms. The third-order valence-corrected chi connectivity index (χ3v) is 4.50. The van der Waals surface area contributed by atoms with Gasteiger partial charge >= 0.3 is 0 Å². The summed E-state index contributed by atoms with van der Waals surface area (Å²) in [6.07, 6.45) is 1.48. The Balaban J connectivity index is 1.37. The summed E-state index contributed by atoms with van der Waals surface area (Å²) in [5.74, 6) is 0.865. The molecule has 4 nitrogen and oxygen atoms in total. The second-order valence-electron chi connectivity index (χ2n) is 6.38. The van der Waals surface area contributed by atoms with Gasteiger partial charge in [0.05, 0.1) is 0 Å². The number of hydrogen-bond acceptors (Lipinski definition) is 4. The van der Waals surface area contributed by atoms with E-state index in [9.17, 15) is 5.11 Å². The second-order valence-corrected chi connectivity index (χ2v) is 6.38. The van der Waals surface area contributed by atoms with Gasteiger partial charge in [0, 0.05) is 39.0 Å². The Morgan fingerprint density at radius 3 is 2.25 bits per heavy atom. The fraction of sp³-hybridized carbons (Fsp3) is 0.400. The van der Waals surface area contributed by atoms with E-state index >= 15 is 0 Å². The number of aliphatic hydroxyl groups is 1. The normalized spacial score (nSPS) is 17.5. The zero-order valence-electron chi connectivity index (χ0n) is 14.0. The largest absolute Gasteiger partial charge is 0.492 e. The summed E-state index contributed by atoms with van der Waals surface area (Å²) in [5.41, 5.74) is 0.555. The van der Waals surface area contributed by atoms with Gasteiger partial charge in [-0.3, -0.25) is 10.2 Å². The van der Waals surface area contributed by atoms with Crippen LogP contribution in [0.25, 0.3) is 0 Å². The summed E-state index contributed by atoms with van der Waals surface area (Å²) >= 11 is 0.